The number of nitrogens with zero attached hydrogens (tertiary/aromatic N) is 2. The van der Waals surface area contributed by atoms with Crippen LogP contribution in [0.1, 0.15) is 25.6 Å². The molecular formula is C15H15ClFN3. The van der Waals surface area contributed by atoms with Crippen molar-refractivity contribution < 1.29 is 4.39 Å². The van der Waals surface area contributed by atoms with Gasteiger partial charge in [-0.1, -0.05) is 31.4 Å². The highest BCUT2D eigenvalue weighted by Crippen LogP contribution is 2.31. The highest BCUT2D eigenvalue weighted by Gasteiger charge is 2.18. The summed E-state index contributed by atoms with van der Waals surface area (Å²) in [6, 6.07) is 4.23. The SMILES string of the molecule is C#CCn1c(C(C)C)nc(-c2cc(F)cc(Cl)c2)c1N. The van der Waals surface area contributed by atoms with Gasteiger partial charge in [0.25, 0.3) is 0 Å². The van der Waals surface area contributed by atoms with Gasteiger partial charge in [0.05, 0.1) is 6.54 Å². The fraction of sp³-hybridized carbons (Fsp3) is 0.267. The zero-order valence-electron chi connectivity index (χ0n) is 11.3. The van der Waals surface area contributed by atoms with Crippen LogP contribution in [0.4, 0.5) is 10.2 Å². The molecule has 104 valence electrons. The zero-order valence-corrected chi connectivity index (χ0v) is 12.1. The van der Waals surface area contributed by atoms with Crippen LogP contribution in [0.25, 0.3) is 11.3 Å². The normalized spacial score (nSPS) is 10.8. The molecule has 5 heteroatoms. The molecule has 0 saturated heterocycles. The van der Waals surface area contributed by atoms with E-state index in [0.29, 0.717) is 28.6 Å². The van der Waals surface area contributed by atoms with Crippen LogP contribution in [0, 0.1) is 18.2 Å². The van der Waals surface area contributed by atoms with Gasteiger partial charge in [0, 0.05) is 16.5 Å². The highest BCUT2D eigenvalue weighted by atomic mass is 35.5. The van der Waals surface area contributed by atoms with Crippen molar-refractivity contribution >= 4 is 17.4 Å². The summed E-state index contributed by atoms with van der Waals surface area (Å²) < 4.78 is 15.2. The third-order valence-corrected chi connectivity index (χ3v) is 3.16. The van der Waals surface area contributed by atoms with E-state index < -0.39 is 5.82 Å². The van der Waals surface area contributed by atoms with Crippen molar-refractivity contribution in [3.8, 4) is 23.6 Å². The van der Waals surface area contributed by atoms with E-state index in [-0.39, 0.29) is 5.92 Å². The minimum Gasteiger partial charge on any atom is -0.383 e. The summed E-state index contributed by atoms with van der Waals surface area (Å²) in [6.45, 7) is 4.32. The van der Waals surface area contributed by atoms with Crippen molar-refractivity contribution in [2.75, 3.05) is 5.73 Å². The number of nitrogen functional groups attached to an aromatic ring is 1. The van der Waals surface area contributed by atoms with Crippen molar-refractivity contribution in [1.29, 1.82) is 0 Å². The molecule has 1 aromatic heterocycles. The van der Waals surface area contributed by atoms with Gasteiger partial charge >= 0.3 is 0 Å². The van der Waals surface area contributed by atoms with Gasteiger partial charge in [-0.15, -0.1) is 6.42 Å². The quantitative estimate of drug-likeness (QED) is 0.877. The van der Waals surface area contributed by atoms with Crippen LogP contribution in [0.3, 0.4) is 0 Å². The van der Waals surface area contributed by atoms with Gasteiger partial charge in [0.15, 0.2) is 0 Å². The van der Waals surface area contributed by atoms with Crippen LogP contribution < -0.4 is 5.73 Å². The van der Waals surface area contributed by atoms with Crippen LogP contribution in [0.2, 0.25) is 5.02 Å². The summed E-state index contributed by atoms with van der Waals surface area (Å²) in [4.78, 5) is 4.50. The summed E-state index contributed by atoms with van der Waals surface area (Å²) in [5, 5.41) is 0.303. The topological polar surface area (TPSA) is 43.8 Å². The van der Waals surface area contributed by atoms with Crippen molar-refractivity contribution in [3.05, 3.63) is 34.9 Å². The van der Waals surface area contributed by atoms with E-state index >= 15 is 0 Å². The molecule has 0 aliphatic carbocycles. The lowest BCUT2D eigenvalue weighted by Crippen LogP contribution is -2.07. The van der Waals surface area contributed by atoms with Crippen molar-refractivity contribution in [3.63, 3.8) is 0 Å². The van der Waals surface area contributed by atoms with Gasteiger partial charge in [-0.25, -0.2) is 9.37 Å². The lowest BCUT2D eigenvalue weighted by atomic mass is 10.1. The second kappa shape index (κ2) is 5.56. The van der Waals surface area contributed by atoms with Crippen LogP contribution in [0.5, 0.6) is 0 Å². The molecule has 0 unspecified atom stereocenters. The first-order chi connectivity index (χ1) is 9.43. The number of imidazole rings is 1. The van der Waals surface area contributed by atoms with E-state index in [9.17, 15) is 4.39 Å². The number of nitrogens with two attached hydrogens (primary N) is 1. The number of aromatic nitrogens is 2. The smallest absolute Gasteiger partial charge is 0.132 e. The van der Waals surface area contributed by atoms with Gasteiger partial charge in [0.2, 0.25) is 0 Å². The number of terminal acetylenes is 1. The lowest BCUT2D eigenvalue weighted by molar-refractivity contribution is 0.628. The second-order valence-corrected chi connectivity index (χ2v) is 5.24. The molecule has 1 heterocycles. The Morgan fingerprint density at radius 1 is 1.45 bits per heavy atom. The standard InChI is InChI=1S/C15H15ClFN3/c1-4-5-20-14(18)13(19-15(20)9(2)3)10-6-11(16)8-12(17)7-10/h1,6-9H,5,18H2,2-3H3. The molecule has 0 aliphatic rings. The highest BCUT2D eigenvalue weighted by molar-refractivity contribution is 6.30. The molecule has 2 aromatic rings. The molecule has 0 amide bonds. The third-order valence-electron chi connectivity index (χ3n) is 2.94. The zero-order chi connectivity index (χ0) is 14.9. The predicted molar refractivity (Wildman–Crippen MR) is 80.0 cm³/mol. The minimum absolute atomic E-state index is 0.156. The summed E-state index contributed by atoms with van der Waals surface area (Å²) in [7, 11) is 0. The Balaban J connectivity index is 2.63. The van der Waals surface area contributed by atoms with Gasteiger partial charge in [-0.05, 0) is 18.2 Å². The molecule has 0 fully saturated rings. The van der Waals surface area contributed by atoms with E-state index in [1.54, 1.807) is 10.6 Å². The molecule has 0 aliphatic heterocycles. The van der Waals surface area contributed by atoms with Gasteiger partial charge in [-0.2, -0.15) is 0 Å². The Labute approximate surface area is 122 Å². The second-order valence-electron chi connectivity index (χ2n) is 4.81. The molecule has 2 rings (SSSR count). The van der Waals surface area contributed by atoms with E-state index in [2.05, 4.69) is 10.9 Å². The molecule has 0 radical (unpaired) electrons. The summed E-state index contributed by atoms with van der Waals surface area (Å²) in [5.41, 5.74) is 7.15. The van der Waals surface area contributed by atoms with Crippen molar-refractivity contribution in [2.24, 2.45) is 0 Å². The Bertz CT molecular complexity index is 663. The summed E-state index contributed by atoms with van der Waals surface area (Å²) >= 11 is 5.87. The average Bonchev–Trinajstić information content (AvgIpc) is 2.67. The number of rotatable bonds is 3. The van der Waals surface area contributed by atoms with E-state index in [1.807, 2.05) is 13.8 Å². The van der Waals surface area contributed by atoms with E-state index in [0.717, 1.165) is 5.82 Å². The first-order valence-corrected chi connectivity index (χ1v) is 6.57. The maximum atomic E-state index is 13.5. The van der Waals surface area contributed by atoms with Crippen LogP contribution in [0.15, 0.2) is 18.2 Å². The summed E-state index contributed by atoms with van der Waals surface area (Å²) in [5.74, 6) is 3.48. The fourth-order valence-electron chi connectivity index (χ4n) is 2.08. The third kappa shape index (κ3) is 2.63. The van der Waals surface area contributed by atoms with Gasteiger partial charge in [-0.3, -0.25) is 0 Å². The molecule has 3 nitrogen and oxygen atoms in total. The number of halogens is 2. The summed E-state index contributed by atoms with van der Waals surface area (Å²) in [6.07, 6.45) is 5.36. The molecular weight excluding hydrogens is 277 g/mol. The van der Waals surface area contributed by atoms with Gasteiger partial charge < -0.3 is 10.3 Å². The van der Waals surface area contributed by atoms with Crippen LogP contribution in [-0.4, -0.2) is 9.55 Å². The molecule has 0 saturated carbocycles. The molecule has 0 atom stereocenters. The first-order valence-electron chi connectivity index (χ1n) is 6.19. The number of hydrogen-bond acceptors (Lipinski definition) is 2. The fourth-order valence-corrected chi connectivity index (χ4v) is 2.31. The Hall–Kier alpha value is -1.99. The number of anilines is 1. The molecule has 20 heavy (non-hydrogen) atoms. The van der Waals surface area contributed by atoms with Crippen molar-refractivity contribution in [1.82, 2.24) is 9.55 Å². The van der Waals surface area contributed by atoms with Crippen LogP contribution >= 0.6 is 11.6 Å². The average molecular weight is 292 g/mol. The molecule has 0 bridgehead atoms. The number of benzene rings is 1. The predicted octanol–water partition coefficient (Wildman–Crippen LogP) is 3.68. The maximum Gasteiger partial charge on any atom is 0.132 e. The van der Waals surface area contributed by atoms with Crippen molar-refractivity contribution in [2.45, 2.75) is 26.3 Å². The van der Waals surface area contributed by atoms with Crippen LogP contribution in [-0.2, 0) is 6.54 Å². The maximum absolute atomic E-state index is 13.5. The number of hydrogen-bond donors (Lipinski definition) is 1. The van der Waals surface area contributed by atoms with E-state index in [1.165, 1.54) is 12.1 Å². The Morgan fingerprint density at radius 2 is 2.15 bits per heavy atom. The monoisotopic (exact) mass is 291 g/mol. The lowest BCUT2D eigenvalue weighted by Gasteiger charge is -2.08. The Kier molecular flexibility index (Phi) is 4.01. The Morgan fingerprint density at radius 3 is 2.70 bits per heavy atom. The van der Waals surface area contributed by atoms with Gasteiger partial charge in [0.1, 0.15) is 23.2 Å². The van der Waals surface area contributed by atoms with E-state index in [4.69, 9.17) is 23.8 Å². The molecule has 0 spiro atoms. The molecule has 2 N–H and O–H groups in total. The largest absolute Gasteiger partial charge is 0.383 e. The molecule has 1 aromatic carbocycles. The first kappa shape index (κ1) is 14.4. The minimum atomic E-state index is -0.426.